The first-order valence-corrected chi connectivity index (χ1v) is 11.2. The summed E-state index contributed by atoms with van der Waals surface area (Å²) in [6, 6.07) is 7.21. The zero-order valence-electron chi connectivity index (χ0n) is 17.6. The minimum absolute atomic E-state index is 0.0212. The van der Waals surface area contributed by atoms with Gasteiger partial charge in [0.1, 0.15) is 0 Å². The Morgan fingerprint density at radius 1 is 1.28 bits per heavy atom. The van der Waals surface area contributed by atoms with Crippen molar-refractivity contribution in [2.75, 3.05) is 44.9 Å². The van der Waals surface area contributed by atoms with E-state index in [1.165, 1.54) is 0 Å². The van der Waals surface area contributed by atoms with E-state index in [1.807, 2.05) is 37.4 Å². The maximum atomic E-state index is 12.8. The summed E-state index contributed by atoms with van der Waals surface area (Å²) < 4.78 is 5.08. The molecule has 0 saturated carbocycles. The number of piperidine rings is 1. The van der Waals surface area contributed by atoms with Gasteiger partial charge in [-0.1, -0.05) is 12.1 Å². The first-order valence-electron chi connectivity index (χ1n) is 9.95. The monoisotopic (exact) mass is 421 g/mol. The maximum Gasteiger partial charge on any atom is 0.309 e. The van der Waals surface area contributed by atoms with Crippen molar-refractivity contribution in [3.05, 3.63) is 24.3 Å². The minimum atomic E-state index is -0.421. The second-order valence-corrected chi connectivity index (χ2v) is 8.04. The minimum Gasteiger partial charge on any atom is -0.466 e. The van der Waals surface area contributed by atoms with Crippen LogP contribution >= 0.6 is 11.8 Å². The molecule has 2 amide bonds. The molecule has 1 aliphatic heterocycles. The predicted molar refractivity (Wildman–Crippen MR) is 115 cm³/mol. The molecule has 0 aromatic heterocycles. The van der Waals surface area contributed by atoms with Crippen molar-refractivity contribution in [3.8, 4) is 0 Å². The lowest BCUT2D eigenvalue weighted by Gasteiger charge is -2.34. The van der Waals surface area contributed by atoms with E-state index in [2.05, 4.69) is 5.32 Å². The Kier molecular flexibility index (Phi) is 8.98. The van der Waals surface area contributed by atoms with Crippen molar-refractivity contribution in [1.29, 1.82) is 0 Å². The number of nitrogens with zero attached hydrogens (tertiary/aromatic N) is 2. The van der Waals surface area contributed by atoms with Gasteiger partial charge in [0.15, 0.2) is 0 Å². The topological polar surface area (TPSA) is 79.0 Å². The van der Waals surface area contributed by atoms with E-state index in [4.69, 9.17) is 4.74 Å². The van der Waals surface area contributed by atoms with Crippen molar-refractivity contribution < 1.29 is 19.1 Å². The molecular weight excluding hydrogens is 390 g/mol. The molecule has 1 N–H and O–H groups in total. The van der Waals surface area contributed by atoms with Gasteiger partial charge >= 0.3 is 5.97 Å². The molecule has 1 fully saturated rings. The molecule has 2 rings (SSSR count). The van der Waals surface area contributed by atoms with Gasteiger partial charge in [0.2, 0.25) is 11.8 Å². The number of ether oxygens (including phenoxy) is 1. The molecule has 0 bridgehead atoms. The van der Waals surface area contributed by atoms with Gasteiger partial charge < -0.3 is 15.0 Å². The number of likely N-dealkylation sites (N-methyl/N-ethyl adjacent to an activating group) is 1. The highest BCUT2D eigenvalue weighted by Gasteiger charge is 2.31. The van der Waals surface area contributed by atoms with Crippen molar-refractivity contribution in [2.45, 2.75) is 37.6 Å². The van der Waals surface area contributed by atoms with Crippen molar-refractivity contribution in [2.24, 2.45) is 5.92 Å². The van der Waals surface area contributed by atoms with E-state index in [0.717, 1.165) is 10.6 Å². The summed E-state index contributed by atoms with van der Waals surface area (Å²) in [7, 11) is 1.77. The quantitative estimate of drug-likeness (QED) is 0.513. The van der Waals surface area contributed by atoms with Crippen LogP contribution in [0.15, 0.2) is 29.2 Å². The van der Waals surface area contributed by atoms with Gasteiger partial charge in [0.05, 0.1) is 30.8 Å². The Bertz CT molecular complexity index is 720. The normalized spacial score (nSPS) is 15.8. The summed E-state index contributed by atoms with van der Waals surface area (Å²) in [5.41, 5.74) is 0.776. The average Bonchev–Trinajstić information content (AvgIpc) is 2.73. The molecule has 7 nitrogen and oxygen atoms in total. The standard InChI is InChI=1S/C21H31N3O4S/c1-5-28-21(27)16-10-12-24(13-11-16)20(26)15(2)23(3)14-19(25)22-17-8-6-7-9-18(17)29-4/h6-9,15-16H,5,10-14H2,1-4H3,(H,22,25)/t15-/m1/s1. The number of thioether (sulfide) groups is 1. The van der Waals surface area contributed by atoms with Gasteiger partial charge in [-0.2, -0.15) is 0 Å². The Hall–Kier alpha value is -2.06. The highest BCUT2D eigenvalue weighted by molar-refractivity contribution is 7.98. The molecule has 0 radical (unpaired) electrons. The van der Waals surface area contributed by atoms with Gasteiger partial charge in [0.25, 0.3) is 0 Å². The predicted octanol–water partition coefficient (Wildman–Crippen LogP) is 2.47. The number of nitrogens with one attached hydrogen (secondary N) is 1. The molecule has 29 heavy (non-hydrogen) atoms. The third-order valence-electron chi connectivity index (χ3n) is 5.22. The SMILES string of the molecule is CCOC(=O)C1CCN(C(=O)[C@@H](C)N(C)CC(=O)Nc2ccccc2SC)CC1. The van der Waals surface area contributed by atoms with Crippen molar-refractivity contribution >= 4 is 35.2 Å². The number of hydrogen-bond acceptors (Lipinski definition) is 6. The number of hydrogen-bond donors (Lipinski definition) is 1. The Morgan fingerprint density at radius 2 is 1.93 bits per heavy atom. The molecular formula is C21H31N3O4S. The van der Waals surface area contributed by atoms with Crippen LogP contribution in [0.25, 0.3) is 0 Å². The molecule has 160 valence electrons. The molecule has 1 aromatic carbocycles. The third-order valence-corrected chi connectivity index (χ3v) is 6.02. The lowest BCUT2D eigenvalue weighted by Crippen LogP contribution is -2.50. The van der Waals surface area contributed by atoms with Gasteiger partial charge in [-0.25, -0.2) is 0 Å². The lowest BCUT2D eigenvalue weighted by molar-refractivity contribution is -0.152. The van der Waals surface area contributed by atoms with E-state index >= 15 is 0 Å². The van der Waals surface area contributed by atoms with Crippen molar-refractivity contribution in [1.82, 2.24) is 9.80 Å². The first-order chi connectivity index (χ1) is 13.9. The number of anilines is 1. The van der Waals surface area contributed by atoms with Gasteiger partial charge in [-0.3, -0.25) is 19.3 Å². The average molecular weight is 422 g/mol. The van der Waals surface area contributed by atoms with E-state index in [9.17, 15) is 14.4 Å². The number of benzene rings is 1. The smallest absolute Gasteiger partial charge is 0.309 e. The van der Waals surface area contributed by atoms with E-state index in [-0.39, 0.29) is 30.2 Å². The fourth-order valence-electron chi connectivity index (χ4n) is 3.35. The Balaban J connectivity index is 1.84. The second-order valence-electron chi connectivity index (χ2n) is 7.19. The van der Waals surface area contributed by atoms with Crippen LogP contribution in [0.3, 0.4) is 0 Å². The van der Waals surface area contributed by atoms with Crippen LogP contribution in [0.4, 0.5) is 5.69 Å². The molecule has 0 spiro atoms. The van der Waals surface area contributed by atoms with Gasteiger partial charge in [0, 0.05) is 18.0 Å². The number of rotatable bonds is 8. The molecule has 0 unspecified atom stereocenters. The number of amides is 2. The third kappa shape index (κ3) is 6.47. The largest absolute Gasteiger partial charge is 0.466 e. The van der Waals surface area contributed by atoms with E-state index in [0.29, 0.717) is 32.5 Å². The van der Waals surface area contributed by atoms with Crippen LogP contribution in [0.2, 0.25) is 0 Å². The molecule has 1 saturated heterocycles. The van der Waals surface area contributed by atoms with Crippen molar-refractivity contribution in [3.63, 3.8) is 0 Å². The summed E-state index contributed by atoms with van der Waals surface area (Å²) in [4.78, 5) is 41.6. The van der Waals surface area contributed by atoms with Crippen LogP contribution in [0.5, 0.6) is 0 Å². The van der Waals surface area contributed by atoms with E-state index in [1.54, 1.807) is 35.5 Å². The summed E-state index contributed by atoms with van der Waals surface area (Å²) in [5.74, 6) is -0.483. The molecule has 1 heterocycles. The number of likely N-dealkylation sites (tertiary alicyclic amines) is 1. The highest BCUT2D eigenvalue weighted by atomic mass is 32.2. The number of carbonyl (C=O) groups is 3. The zero-order chi connectivity index (χ0) is 21.4. The second kappa shape index (κ2) is 11.2. The van der Waals surface area contributed by atoms with Crippen LogP contribution in [-0.4, -0.2) is 73.2 Å². The summed E-state index contributed by atoms with van der Waals surface area (Å²) in [5, 5.41) is 2.92. The molecule has 1 atom stereocenters. The lowest BCUT2D eigenvalue weighted by atomic mass is 9.96. The van der Waals surface area contributed by atoms with Gasteiger partial charge in [-0.15, -0.1) is 11.8 Å². The van der Waals surface area contributed by atoms with Crippen LogP contribution in [-0.2, 0) is 19.1 Å². The summed E-state index contributed by atoms with van der Waals surface area (Å²) in [6.07, 6.45) is 3.20. The van der Waals surface area contributed by atoms with Crippen LogP contribution in [0.1, 0.15) is 26.7 Å². The summed E-state index contributed by atoms with van der Waals surface area (Å²) >= 11 is 1.57. The number of carbonyl (C=O) groups excluding carboxylic acids is 3. The molecule has 8 heteroatoms. The van der Waals surface area contributed by atoms with Crippen LogP contribution in [0, 0.1) is 5.92 Å². The zero-order valence-corrected chi connectivity index (χ0v) is 18.5. The Morgan fingerprint density at radius 3 is 2.55 bits per heavy atom. The highest BCUT2D eigenvalue weighted by Crippen LogP contribution is 2.24. The van der Waals surface area contributed by atoms with E-state index < -0.39 is 6.04 Å². The number of para-hydroxylation sites is 1. The van der Waals surface area contributed by atoms with Crippen LogP contribution < -0.4 is 5.32 Å². The fraction of sp³-hybridized carbons (Fsp3) is 0.571. The summed E-state index contributed by atoms with van der Waals surface area (Å²) in [6.45, 7) is 5.17. The Labute approximate surface area is 177 Å². The maximum absolute atomic E-state index is 12.8. The molecule has 1 aromatic rings. The first kappa shape index (κ1) is 23.2. The fourth-order valence-corrected chi connectivity index (χ4v) is 3.90. The van der Waals surface area contributed by atoms with Gasteiger partial charge in [-0.05, 0) is 52.1 Å². The molecule has 0 aliphatic carbocycles. The number of esters is 1. The molecule has 1 aliphatic rings.